The Morgan fingerprint density at radius 3 is 2.57 bits per heavy atom. The first kappa shape index (κ1) is 17.7. The van der Waals surface area contributed by atoms with Gasteiger partial charge >= 0.3 is 6.03 Å². The molecule has 1 aliphatic heterocycles. The molecule has 1 unspecified atom stereocenters. The van der Waals surface area contributed by atoms with Crippen LogP contribution in [0.25, 0.3) is 0 Å². The maximum Gasteiger partial charge on any atom is 0.315 e. The second kappa shape index (κ2) is 8.26. The lowest BCUT2D eigenvalue weighted by Crippen LogP contribution is -2.50. The van der Waals surface area contributed by atoms with Crippen LogP contribution in [0.1, 0.15) is 31.7 Å². The van der Waals surface area contributed by atoms with Gasteiger partial charge in [0, 0.05) is 25.2 Å². The molecule has 1 aromatic carbocycles. The molecule has 6 heteroatoms. The largest absolute Gasteiger partial charge is 0.394 e. The van der Waals surface area contributed by atoms with Gasteiger partial charge < -0.3 is 20.5 Å². The van der Waals surface area contributed by atoms with Crippen molar-refractivity contribution in [3.05, 3.63) is 35.6 Å². The summed E-state index contributed by atoms with van der Waals surface area (Å²) in [7, 11) is 0. The molecule has 2 rings (SSSR count). The highest BCUT2D eigenvalue weighted by Gasteiger charge is 2.35. The van der Waals surface area contributed by atoms with E-state index < -0.39 is 0 Å². The Kier molecular flexibility index (Phi) is 6.36. The molecule has 0 aliphatic carbocycles. The van der Waals surface area contributed by atoms with Crippen LogP contribution in [0.5, 0.6) is 0 Å². The van der Waals surface area contributed by atoms with Crippen molar-refractivity contribution in [1.29, 1.82) is 0 Å². The lowest BCUT2D eigenvalue weighted by Gasteiger charge is -2.38. The Bertz CT molecular complexity index is 497. The minimum atomic E-state index is -0.293. The number of halogens is 1. The maximum absolute atomic E-state index is 13.2. The van der Waals surface area contributed by atoms with Gasteiger partial charge in [0.1, 0.15) is 5.82 Å². The van der Waals surface area contributed by atoms with Crippen molar-refractivity contribution in [3.63, 3.8) is 0 Å². The van der Waals surface area contributed by atoms with Gasteiger partial charge in [0.15, 0.2) is 0 Å². The SMILES string of the molecule is CCC(CO)NC(=O)NCC1(c2ccc(F)cc2)CCOCC1. The van der Waals surface area contributed by atoms with Crippen LogP contribution in [0.4, 0.5) is 9.18 Å². The molecule has 0 bridgehead atoms. The molecule has 23 heavy (non-hydrogen) atoms. The first-order valence-electron chi connectivity index (χ1n) is 8.08. The zero-order valence-corrected chi connectivity index (χ0v) is 13.5. The molecule has 1 aromatic rings. The van der Waals surface area contributed by atoms with Crippen LogP contribution in [0, 0.1) is 5.82 Å². The summed E-state index contributed by atoms with van der Waals surface area (Å²) in [4.78, 5) is 12.0. The third-order valence-electron chi connectivity index (χ3n) is 4.54. The van der Waals surface area contributed by atoms with Crippen molar-refractivity contribution in [1.82, 2.24) is 10.6 Å². The van der Waals surface area contributed by atoms with Crippen LogP contribution in [0.15, 0.2) is 24.3 Å². The molecule has 1 heterocycles. The summed E-state index contributed by atoms with van der Waals surface area (Å²) in [6.45, 7) is 3.51. The number of hydrogen-bond donors (Lipinski definition) is 3. The van der Waals surface area contributed by atoms with Gasteiger partial charge in [-0.15, -0.1) is 0 Å². The number of urea groups is 1. The highest BCUT2D eigenvalue weighted by molar-refractivity contribution is 5.74. The molecule has 1 atom stereocenters. The topological polar surface area (TPSA) is 70.6 Å². The molecule has 5 nitrogen and oxygen atoms in total. The molecule has 3 N–H and O–H groups in total. The number of aliphatic hydroxyl groups excluding tert-OH is 1. The normalized spacial score (nSPS) is 18.2. The summed E-state index contributed by atoms with van der Waals surface area (Å²) in [6.07, 6.45) is 2.22. The van der Waals surface area contributed by atoms with Crippen molar-refractivity contribution < 1.29 is 19.0 Å². The predicted octanol–water partition coefficient (Wildman–Crippen LogP) is 1.94. The van der Waals surface area contributed by atoms with E-state index in [9.17, 15) is 9.18 Å². The van der Waals surface area contributed by atoms with Crippen LogP contribution in [-0.2, 0) is 10.2 Å². The standard InChI is InChI=1S/C17H25FN2O3/c1-2-15(11-21)20-16(22)19-12-17(7-9-23-10-8-17)13-3-5-14(18)6-4-13/h3-6,15,21H,2,7-12H2,1H3,(H2,19,20,22). The van der Waals surface area contributed by atoms with Gasteiger partial charge in [0.2, 0.25) is 0 Å². The number of carbonyl (C=O) groups is 1. The van der Waals surface area contributed by atoms with E-state index >= 15 is 0 Å². The van der Waals surface area contributed by atoms with Crippen LogP contribution in [0.2, 0.25) is 0 Å². The number of benzene rings is 1. The Labute approximate surface area is 136 Å². The van der Waals surface area contributed by atoms with Crippen molar-refractivity contribution in [3.8, 4) is 0 Å². The third-order valence-corrected chi connectivity index (χ3v) is 4.54. The number of nitrogens with one attached hydrogen (secondary N) is 2. The van der Waals surface area contributed by atoms with Gasteiger partial charge in [0.05, 0.1) is 12.6 Å². The monoisotopic (exact) mass is 324 g/mol. The minimum absolute atomic E-state index is 0.0825. The lowest BCUT2D eigenvalue weighted by molar-refractivity contribution is 0.0506. The highest BCUT2D eigenvalue weighted by atomic mass is 19.1. The zero-order valence-electron chi connectivity index (χ0n) is 13.5. The van der Waals surface area contributed by atoms with E-state index in [0.717, 1.165) is 18.4 Å². The van der Waals surface area contributed by atoms with Crippen molar-refractivity contribution in [2.75, 3.05) is 26.4 Å². The minimum Gasteiger partial charge on any atom is -0.394 e. The fraction of sp³-hybridized carbons (Fsp3) is 0.588. The second-order valence-corrected chi connectivity index (χ2v) is 6.01. The maximum atomic E-state index is 13.2. The van der Waals surface area contributed by atoms with E-state index in [2.05, 4.69) is 10.6 Å². The zero-order chi connectivity index (χ0) is 16.7. The van der Waals surface area contributed by atoms with E-state index in [1.54, 1.807) is 12.1 Å². The second-order valence-electron chi connectivity index (χ2n) is 6.01. The van der Waals surface area contributed by atoms with Crippen LogP contribution < -0.4 is 10.6 Å². The Morgan fingerprint density at radius 1 is 1.35 bits per heavy atom. The number of rotatable bonds is 6. The van der Waals surface area contributed by atoms with Gasteiger partial charge in [0.25, 0.3) is 0 Å². The molecule has 0 saturated carbocycles. The molecular weight excluding hydrogens is 299 g/mol. The van der Waals surface area contributed by atoms with Gasteiger partial charge in [-0.1, -0.05) is 19.1 Å². The van der Waals surface area contributed by atoms with Gasteiger partial charge in [-0.3, -0.25) is 0 Å². The van der Waals surface area contributed by atoms with Gasteiger partial charge in [-0.2, -0.15) is 0 Å². The first-order chi connectivity index (χ1) is 11.1. The van der Waals surface area contributed by atoms with Crippen LogP contribution in [-0.4, -0.2) is 43.5 Å². The first-order valence-corrected chi connectivity index (χ1v) is 8.08. The van der Waals surface area contributed by atoms with Crippen LogP contribution >= 0.6 is 0 Å². The fourth-order valence-electron chi connectivity index (χ4n) is 2.90. The van der Waals surface area contributed by atoms with Crippen molar-refractivity contribution >= 4 is 6.03 Å². The number of ether oxygens (including phenoxy) is 1. The molecule has 1 fully saturated rings. The number of amides is 2. The van der Waals surface area contributed by atoms with E-state index in [0.29, 0.717) is 26.2 Å². The van der Waals surface area contributed by atoms with E-state index in [1.165, 1.54) is 12.1 Å². The average Bonchev–Trinajstić information content (AvgIpc) is 2.59. The summed E-state index contributed by atoms with van der Waals surface area (Å²) in [6, 6.07) is 5.92. The highest BCUT2D eigenvalue weighted by Crippen LogP contribution is 2.34. The van der Waals surface area contributed by atoms with Gasteiger partial charge in [-0.25, -0.2) is 9.18 Å². The summed E-state index contributed by atoms with van der Waals surface area (Å²) < 4.78 is 18.6. The smallest absolute Gasteiger partial charge is 0.315 e. The molecule has 0 aromatic heterocycles. The summed E-state index contributed by atoms with van der Waals surface area (Å²) in [5.74, 6) is -0.268. The number of carbonyl (C=O) groups excluding carboxylic acids is 1. The molecular formula is C17H25FN2O3. The molecule has 1 aliphatic rings. The quantitative estimate of drug-likeness (QED) is 0.749. The van der Waals surface area contributed by atoms with E-state index in [4.69, 9.17) is 9.84 Å². The molecule has 2 amide bonds. The fourth-order valence-corrected chi connectivity index (χ4v) is 2.90. The molecule has 128 valence electrons. The van der Waals surface area contributed by atoms with Crippen LogP contribution in [0.3, 0.4) is 0 Å². The third kappa shape index (κ3) is 4.65. The molecule has 0 spiro atoms. The number of aliphatic hydroxyl groups is 1. The Balaban J connectivity index is 2.04. The Hall–Kier alpha value is -1.66. The Morgan fingerprint density at radius 2 is 2.00 bits per heavy atom. The van der Waals surface area contributed by atoms with Crippen molar-refractivity contribution in [2.45, 2.75) is 37.6 Å². The molecule has 1 saturated heterocycles. The lowest BCUT2D eigenvalue weighted by atomic mass is 9.74. The van der Waals surface area contributed by atoms with E-state index in [1.807, 2.05) is 6.92 Å². The predicted molar refractivity (Wildman–Crippen MR) is 85.8 cm³/mol. The summed E-state index contributed by atoms with van der Waals surface area (Å²) >= 11 is 0. The summed E-state index contributed by atoms with van der Waals surface area (Å²) in [5.41, 5.74) is 0.765. The molecule has 0 radical (unpaired) electrons. The number of hydrogen-bond acceptors (Lipinski definition) is 3. The van der Waals surface area contributed by atoms with E-state index in [-0.39, 0.29) is 29.9 Å². The summed E-state index contributed by atoms with van der Waals surface area (Å²) in [5, 5.41) is 14.8. The average molecular weight is 324 g/mol. The van der Waals surface area contributed by atoms with Crippen molar-refractivity contribution in [2.24, 2.45) is 0 Å². The van der Waals surface area contributed by atoms with Gasteiger partial charge in [-0.05, 0) is 37.0 Å².